The molecule has 3 nitrogen and oxygen atoms in total. The first-order chi connectivity index (χ1) is 9.54. The quantitative estimate of drug-likeness (QED) is 0.866. The molecule has 1 aliphatic heterocycles. The average molecular weight is 274 g/mol. The molecule has 20 heavy (non-hydrogen) atoms. The fraction of sp³-hybridized carbons (Fsp3) is 0.588. The van der Waals surface area contributed by atoms with Gasteiger partial charge in [0.05, 0.1) is 0 Å². The molecular weight excluding hydrogens is 248 g/mol. The molecule has 1 aromatic carbocycles. The monoisotopic (exact) mass is 274 g/mol. The number of benzene rings is 1. The van der Waals surface area contributed by atoms with Crippen LogP contribution in [0.3, 0.4) is 0 Å². The molecule has 1 aliphatic rings. The number of fused-ring (bicyclic) bond motifs is 1. The summed E-state index contributed by atoms with van der Waals surface area (Å²) < 4.78 is 0. The summed E-state index contributed by atoms with van der Waals surface area (Å²) in [6.07, 6.45) is 4.12. The molecule has 0 radical (unpaired) electrons. The predicted octanol–water partition coefficient (Wildman–Crippen LogP) is 3.14. The lowest BCUT2D eigenvalue weighted by Gasteiger charge is -2.23. The van der Waals surface area contributed by atoms with Crippen LogP contribution in [0.15, 0.2) is 18.2 Å². The average Bonchev–Trinajstić information content (AvgIpc) is 2.47. The fourth-order valence-corrected chi connectivity index (χ4v) is 2.50. The van der Waals surface area contributed by atoms with E-state index in [9.17, 15) is 4.79 Å². The van der Waals surface area contributed by atoms with Crippen molar-refractivity contribution in [1.29, 1.82) is 0 Å². The molecule has 0 fully saturated rings. The molecule has 0 aromatic heterocycles. The topological polar surface area (TPSA) is 41.1 Å². The number of carbonyl (C=O) groups excluding carboxylic acids is 1. The smallest absolute Gasteiger partial charge is 0.225 e. The summed E-state index contributed by atoms with van der Waals surface area (Å²) in [6.45, 7) is 7.80. The van der Waals surface area contributed by atoms with Crippen molar-refractivity contribution in [2.45, 2.75) is 46.5 Å². The molecule has 110 valence electrons. The highest BCUT2D eigenvalue weighted by Gasteiger charge is 2.24. The van der Waals surface area contributed by atoms with Gasteiger partial charge in [-0.3, -0.25) is 4.79 Å². The number of amides is 1. The standard InChI is InChI=1S/C17H26N2O/c1-4-17(2,3)16(20)19-12-10-14-8-5-7-13-9-6-11-18-15(13)14/h5,7-8,18H,4,6,9-12H2,1-3H3,(H,19,20). The van der Waals surface area contributed by atoms with Gasteiger partial charge in [-0.15, -0.1) is 0 Å². The predicted molar refractivity (Wildman–Crippen MR) is 84.0 cm³/mol. The molecule has 0 saturated carbocycles. The second-order valence-electron chi connectivity index (χ2n) is 6.22. The third-order valence-electron chi connectivity index (χ3n) is 4.34. The Bertz CT molecular complexity index is 480. The van der Waals surface area contributed by atoms with E-state index < -0.39 is 0 Å². The van der Waals surface area contributed by atoms with Gasteiger partial charge in [0.15, 0.2) is 0 Å². The van der Waals surface area contributed by atoms with Crippen LogP contribution < -0.4 is 10.6 Å². The maximum Gasteiger partial charge on any atom is 0.225 e. The van der Waals surface area contributed by atoms with Crippen LogP contribution in [0.4, 0.5) is 5.69 Å². The highest BCUT2D eigenvalue weighted by Crippen LogP contribution is 2.26. The van der Waals surface area contributed by atoms with E-state index in [4.69, 9.17) is 0 Å². The van der Waals surface area contributed by atoms with Crippen molar-refractivity contribution in [1.82, 2.24) is 5.32 Å². The van der Waals surface area contributed by atoms with Gasteiger partial charge >= 0.3 is 0 Å². The van der Waals surface area contributed by atoms with Crippen molar-refractivity contribution in [3.05, 3.63) is 29.3 Å². The lowest BCUT2D eigenvalue weighted by molar-refractivity contribution is -0.129. The Balaban J connectivity index is 1.94. The molecule has 1 heterocycles. The fourth-order valence-electron chi connectivity index (χ4n) is 2.50. The van der Waals surface area contributed by atoms with E-state index >= 15 is 0 Å². The van der Waals surface area contributed by atoms with Gasteiger partial charge in [0, 0.05) is 24.2 Å². The zero-order valence-electron chi connectivity index (χ0n) is 12.9. The minimum Gasteiger partial charge on any atom is -0.385 e. The third-order valence-corrected chi connectivity index (χ3v) is 4.34. The van der Waals surface area contributed by atoms with Crippen LogP contribution in [0.2, 0.25) is 0 Å². The minimum absolute atomic E-state index is 0.151. The largest absolute Gasteiger partial charge is 0.385 e. The highest BCUT2D eigenvalue weighted by molar-refractivity contribution is 5.81. The maximum atomic E-state index is 12.0. The molecule has 0 spiro atoms. The maximum absolute atomic E-state index is 12.0. The number of carbonyl (C=O) groups is 1. The van der Waals surface area contributed by atoms with E-state index in [0.29, 0.717) is 6.54 Å². The number of anilines is 1. The van der Waals surface area contributed by atoms with Crippen LogP contribution in [-0.4, -0.2) is 19.0 Å². The Morgan fingerprint density at radius 1 is 1.40 bits per heavy atom. The Hall–Kier alpha value is -1.51. The molecule has 0 bridgehead atoms. The first-order valence-corrected chi connectivity index (χ1v) is 7.67. The van der Waals surface area contributed by atoms with E-state index in [-0.39, 0.29) is 11.3 Å². The van der Waals surface area contributed by atoms with Gasteiger partial charge in [-0.05, 0) is 36.8 Å². The van der Waals surface area contributed by atoms with Crippen molar-refractivity contribution in [2.24, 2.45) is 5.41 Å². The summed E-state index contributed by atoms with van der Waals surface area (Å²) in [5.41, 5.74) is 3.75. The van der Waals surface area contributed by atoms with Crippen LogP contribution in [0.1, 0.15) is 44.7 Å². The molecule has 1 amide bonds. The van der Waals surface area contributed by atoms with Gasteiger partial charge < -0.3 is 10.6 Å². The summed E-state index contributed by atoms with van der Waals surface area (Å²) in [7, 11) is 0. The SMILES string of the molecule is CCC(C)(C)C(=O)NCCc1cccc2c1NCCC2. The van der Waals surface area contributed by atoms with Crippen molar-refractivity contribution in [3.63, 3.8) is 0 Å². The lowest BCUT2D eigenvalue weighted by atomic mass is 9.89. The summed E-state index contributed by atoms with van der Waals surface area (Å²) in [6, 6.07) is 6.48. The van der Waals surface area contributed by atoms with Gasteiger partial charge in [-0.1, -0.05) is 39.0 Å². The van der Waals surface area contributed by atoms with Crippen LogP contribution in [0, 0.1) is 5.41 Å². The molecule has 0 atom stereocenters. The number of aryl methyl sites for hydroxylation is 1. The van der Waals surface area contributed by atoms with Gasteiger partial charge in [0.2, 0.25) is 5.91 Å². The number of hydrogen-bond donors (Lipinski definition) is 2. The van der Waals surface area contributed by atoms with Gasteiger partial charge in [-0.2, -0.15) is 0 Å². The first-order valence-electron chi connectivity index (χ1n) is 7.67. The van der Waals surface area contributed by atoms with Crippen LogP contribution in [0.25, 0.3) is 0 Å². The van der Waals surface area contributed by atoms with Crippen molar-refractivity contribution in [2.75, 3.05) is 18.4 Å². The number of nitrogens with one attached hydrogen (secondary N) is 2. The molecule has 3 heteroatoms. The van der Waals surface area contributed by atoms with E-state index in [0.717, 1.165) is 25.8 Å². The zero-order chi connectivity index (χ0) is 14.6. The molecular formula is C17H26N2O. The van der Waals surface area contributed by atoms with Crippen molar-refractivity contribution < 1.29 is 4.79 Å². The second kappa shape index (κ2) is 6.29. The van der Waals surface area contributed by atoms with Gasteiger partial charge in [-0.25, -0.2) is 0 Å². The van der Waals surface area contributed by atoms with Crippen LogP contribution in [0.5, 0.6) is 0 Å². The van der Waals surface area contributed by atoms with Crippen LogP contribution in [-0.2, 0) is 17.6 Å². The minimum atomic E-state index is -0.269. The summed E-state index contributed by atoms with van der Waals surface area (Å²) in [5, 5.41) is 6.56. The summed E-state index contributed by atoms with van der Waals surface area (Å²) >= 11 is 0. The molecule has 0 saturated heterocycles. The van der Waals surface area contributed by atoms with E-state index in [1.165, 1.54) is 23.2 Å². The third kappa shape index (κ3) is 3.33. The second-order valence-corrected chi connectivity index (χ2v) is 6.22. The normalized spacial score (nSPS) is 14.3. The Labute approximate surface area is 122 Å². The Morgan fingerprint density at radius 2 is 2.20 bits per heavy atom. The highest BCUT2D eigenvalue weighted by atomic mass is 16.2. The van der Waals surface area contributed by atoms with E-state index in [1.54, 1.807) is 0 Å². The molecule has 1 aromatic rings. The van der Waals surface area contributed by atoms with Gasteiger partial charge in [0.25, 0.3) is 0 Å². The van der Waals surface area contributed by atoms with Crippen LogP contribution >= 0.6 is 0 Å². The summed E-state index contributed by atoms with van der Waals surface area (Å²) in [5.74, 6) is 0.151. The Morgan fingerprint density at radius 3 is 2.95 bits per heavy atom. The number of rotatable bonds is 5. The van der Waals surface area contributed by atoms with Gasteiger partial charge in [0.1, 0.15) is 0 Å². The Kier molecular flexibility index (Phi) is 4.69. The van der Waals surface area contributed by atoms with E-state index in [1.807, 2.05) is 13.8 Å². The summed E-state index contributed by atoms with van der Waals surface area (Å²) in [4.78, 5) is 12.0. The zero-order valence-corrected chi connectivity index (χ0v) is 12.9. The first kappa shape index (κ1) is 14.9. The lowest BCUT2D eigenvalue weighted by Crippen LogP contribution is -2.37. The molecule has 0 aliphatic carbocycles. The molecule has 2 N–H and O–H groups in total. The van der Waals surface area contributed by atoms with Crippen molar-refractivity contribution >= 4 is 11.6 Å². The molecule has 2 rings (SSSR count). The number of hydrogen-bond acceptors (Lipinski definition) is 2. The number of para-hydroxylation sites is 1. The van der Waals surface area contributed by atoms with E-state index in [2.05, 4.69) is 35.8 Å². The molecule has 0 unspecified atom stereocenters. The van der Waals surface area contributed by atoms with Crippen molar-refractivity contribution in [3.8, 4) is 0 Å².